The van der Waals surface area contributed by atoms with Gasteiger partial charge in [-0.05, 0) is 74.7 Å². The van der Waals surface area contributed by atoms with E-state index < -0.39 is 17.9 Å². The molecule has 0 saturated heterocycles. The molecule has 0 radical (unpaired) electrons. The second-order valence-corrected chi connectivity index (χ2v) is 7.39. The van der Waals surface area contributed by atoms with Crippen LogP contribution in [0.1, 0.15) is 44.9 Å². The molecule has 4 rings (SSSR count). The van der Waals surface area contributed by atoms with E-state index >= 15 is 0 Å². The standard InChI is InChI=1S/C16H26N2O3/c17-16(21)14(1-2-15(19)20)18-8-13-11-4-9-3-10(6-11)7-12(13)5-9/h9-14,18H,1-8H2,(H2,17,21)(H,19,20)/t9?,10?,11?,12?,13?,14-/m0/s1. The van der Waals surface area contributed by atoms with Crippen LogP contribution >= 0.6 is 0 Å². The number of aliphatic carboxylic acids is 1. The van der Waals surface area contributed by atoms with E-state index in [-0.39, 0.29) is 12.8 Å². The Morgan fingerprint density at radius 2 is 1.67 bits per heavy atom. The van der Waals surface area contributed by atoms with E-state index in [4.69, 9.17) is 10.8 Å². The molecule has 0 heterocycles. The molecular weight excluding hydrogens is 268 g/mol. The number of amides is 1. The average molecular weight is 294 g/mol. The van der Waals surface area contributed by atoms with Gasteiger partial charge in [0.05, 0.1) is 6.04 Å². The summed E-state index contributed by atoms with van der Waals surface area (Å²) in [7, 11) is 0. The maximum absolute atomic E-state index is 11.5. The van der Waals surface area contributed by atoms with Crippen molar-refractivity contribution in [2.75, 3.05) is 6.54 Å². The minimum Gasteiger partial charge on any atom is -0.481 e. The molecule has 4 saturated carbocycles. The zero-order valence-electron chi connectivity index (χ0n) is 12.5. The van der Waals surface area contributed by atoms with Gasteiger partial charge in [-0.25, -0.2) is 0 Å². The van der Waals surface area contributed by atoms with E-state index in [0.717, 1.165) is 30.2 Å². The summed E-state index contributed by atoms with van der Waals surface area (Å²) in [5, 5.41) is 12.0. The second kappa shape index (κ2) is 5.95. The highest BCUT2D eigenvalue weighted by Gasteiger charge is 2.47. The summed E-state index contributed by atoms with van der Waals surface area (Å²) in [4.78, 5) is 22.1. The van der Waals surface area contributed by atoms with Crippen molar-refractivity contribution in [2.45, 2.75) is 51.0 Å². The van der Waals surface area contributed by atoms with Crippen molar-refractivity contribution in [2.24, 2.45) is 35.3 Å². The first-order valence-corrected chi connectivity index (χ1v) is 8.27. The molecule has 4 bridgehead atoms. The topological polar surface area (TPSA) is 92.4 Å². The molecule has 0 spiro atoms. The first-order valence-electron chi connectivity index (χ1n) is 8.27. The monoisotopic (exact) mass is 294 g/mol. The lowest BCUT2D eigenvalue weighted by molar-refractivity contribution is -0.137. The van der Waals surface area contributed by atoms with Crippen molar-refractivity contribution in [1.82, 2.24) is 5.32 Å². The Hall–Kier alpha value is -1.10. The highest BCUT2D eigenvalue weighted by Crippen LogP contribution is 2.56. The molecule has 118 valence electrons. The summed E-state index contributed by atoms with van der Waals surface area (Å²) < 4.78 is 0. The number of carbonyl (C=O) groups excluding carboxylic acids is 1. The molecule has 4 N–H and O–H groups in total. The zero-order valence-corrected chi connectivity index (χ0v) is 12.5. The van der Waals surface area contributed by atoms with Gasteiger partial charge < -0.3 is 16.2 Å². The third kappa shape index (κ3) is 3.23. The molecule has 0 aliphatic heterocycles. The SMILES string of the molecule is NC(=O)[C@H](CCC(=O)O)NCC1C2CC3CC(C2)CC1C3. The number of nitrogens with two attached hydrogens (primary N) is 1. The first-order chi connectivity index (χ1) is 10.0. The van der Waals surface area contributed by atoms with E-state index in [0.29, 0.717) is 5.92 Å². The Morgan fingerprint density at radius 1 is 1.10 bits per heavy atom. The largest absolute Gasteiger partial charge is 0.481 e. The lowest BCUT2D eigenvalue weighted by Crippen LogP contribution is -2.51. The lowest BCUT2D eigenvalue weighted by atomic mass is 9.52. The van der Waals surface area contributed by atoms with E-state index in [1.807, 2.05) is 0 Å². The van der Waals surface area contributed by atoms with Gasteiger partial charge in [-0.2, -0.15) is 0 Å². The molecule has 21 heavy (non-hydrogen) atoms. The van der Waals surface area contributed by atoms with Crippen LogP contribution in [0.5, 0.6) is 0 Å². The smallest absolute Gasteiger partial charge is 0.303 e. The van der Waals surface area contributed by atoms with Crippen molar-refractivity contribution in [3.63, 3.8) is 0 Å². The third-order valence-corrected chi connectivity index (χ3v) is 6.01. The Kier molecular flexibility index (Phi) is 4.20. The summed E-state index contributed by atoms with van der Waals surface area (Å²) >= 11 is 0. The third-order valence-electron chi connectivity index (χ3n) is 6.01. The van der Waals surface area contributed by atoms with Crippen LogP contribution < -0.4 is 11.1 Å². The predicted molar refractivity (Wildman–Crippen MR) is 78.4 cm³/mol. The van der Waals surface area contributed by atoms with Gasteiger partial charge in [0.15, 0.2) is 0 Å². The van der Waals surface area contributed by atoms with Gasteiger partial charge in [0.1, 0.15) is 0 Å². The molecule has 4 aliphatic rings. The quantitative estimate of drug-likeness (QED) is 0.661. The maximum Gasteiger partial charge on any atom is 0.303 e. The van der Waals surface area contributed by atoms with Crippen molar-refractivity contribution < 1.29 is 14.7 Å². The molecule has 5 nitrogen and oxygen atoms in total. The van der Waals surface area contributed by atoms with E-state index in [2.05, 4.69) is 5.32 Å². The predicted octanol–water partition coefficient (Wildman–Crippen LogP) is 1.37. The van der Waals surface area contributed by atoms with Gasteiger partial charge in [-0.15, -0.1) is 0 Å². The number of hydrogen-bond acceptors (Lipinski definition) is 3. The fraction of sp³-hybridized carbons (Fsp3) is 0.875. The molecule has 0 aromatic heterocycles. The van der Waals surface area contributed by atoms with Gasteiger partial charge in [0.2, 0.25) is 5.91 Å². The molecule has 0 aromatic rings. The number of hydrogen-bond donors (Lipinski definition) is 3. The summed E-state index contributed by atoms with van der Waals surface area (Å²) in [6.07, 6.45) is 7.15. The first kappa shape index (κ1) is 14.8. The van der Waals surface area contributed by atoms with E-state index in [1.165, 1.54) is 32.1 Å². The van der Waals surface area contributed by atoms with E-state index in [9.17, 15) is 9.59 Å². The zero-order chi connectivity index (χ0) is 15.0. The van der Waals surface area contributed by atoms with Crippen LogP contribution in [0.25, 0.3) is 0 Å². The Labute approximate surface area is 125 Å². The summed E-state index contributed by atoms with van der Waals surface area (Å²) in [5.41, 5.74) is 5.39. The number of rotatable bonds is 7. The molecule has 1 amide bonds. The second-order valence-electron chi connectivity index (χ2n) is 7.39. The minimum atomic E-state index is -0.877. The molecule has 4 fully saturated rings. The van der Waals surface area contributed by atoms with Crippen LogP contribution in [0, 0.1) is 29.6 Å². The maximum atomic E-state index is 11.5. The molecule has 0 unspecified atom stereocenters. The normalized spacial score (nSPS) is 38.4. The number of carboxylic acid groups (broad SMARTS) is 1. The van der Waals surface area contributed by atoms with Crippen LogP contribution in [-0.2, 0) is 9.59 Å². The van der Waals surface area contributed by atoms with Crippen LogP contribution in [0.15, 0.2) is 0 Å². The van der Waals surface area contributed by atoms with Crippen LogP contribution in [0.3, 0.4) is 0 Å². The fourth-order valence-electron chi connectivity index (χ4n) is 5.26. The summed E-state index contributed by atoms with van der Waals surface area (Å²) in [6, 6.07) is -0.502. The molecule has 1 atom stereocenters. The van der Waals surface area contributed by atoms with Crippen molar-refractivity contribution >= 4 is 11.9 Å². The number of carboxylic acids is 1. The molecular formula is C16H26N2O3. The number of nitrogens with one attached hydrogen (secondary N) is 1. The number of primary amides is 1. The Morgan fingerprint density at radius 3 is 2.14 bits per heavy atom. The molecule has 5 heteroatoms. The summed E-state index contributed by atoms with van der Waals surface area (Å²) in [6.45, 7) is 0.821. The van der Waals surface area contributed by atoms with Gasteiger partial charge in [0.25, 0.3) is 0 Å². The van der Waals surface area contributed by atoms with Crippen LogP contribution in [-0.4, -0.2) is 29.6 Å². The average Bonchev–Trinajstić information content (AvgIpc) is 2.39. The van der Waals surface area contributed by atoms with Crippen molar-refractivity contribution in [3.05, 3.63) is 0 Å². The molecule has 4 aliphatic carbocycles. The number of carbonyl (C=O) groups is 2. The van der Waals surface area contributed by atoms with Gasteiger partial charge in [-0.3, -0.25) is 9.59 Å². The highest BCUT2D eigenvalue weighted by atomic mass is 16.4. The minimum absolute atomic E-state index is 0.0116. The van der Waals surface area contributed by atoms with Crippen molar-refractivity contribution in [1.29, 1.82) is 0 Å². The van der Waals surface area contributed by atoms with Gasteiger partial charge >= 0.3 is 5.97 Å². The Balaban J connectivity index is 1.53. The van der Waals surface area contributed by atoms with Crippen LogP contribution in [0.2, 0.25) is 0 Å². The fourth-order valence-corrected chi connectivity index (χ4v) is 5.26. The summed E-state index contributed by atoms with van der Waals surface area (Å²) in [5.74, 6) is 2.86. The lowest BCUT2D eigenvalue weighted by Gasteiger charge is -2.54. The molecule has 0 aromatic carbocycles. The van der Waals surface area contributed by atoms with Gasteiger partial charge in [0, 0.05) is 6.42 Å². The van der Waals surface area contributed by atoms with Crippen molar-refractivity contribution in [3.8, 4) is 0 Å². The highest BCUT2D eigenvalue weighted by molar-refractivity contribution is 5.80. The Bertz CT molecular complexity index is 396. The van der Waals surface area contributed by atoms with Gasteiger partial charge in [-0.1, -0.05) is 0 Å². The van der Waals surface area contributed by atoms with Crippen LogP contribution in [0.4, 0.5) is 0 Å². The van der Waals surface area contributed by atoms with E-state index in [1.54, 1.807) is 0 Å².